The number of fused-ring (bicyclic) bond motifs is 1. The summed E-state index contributed by atoms with van der Waals surface area (Å²) in [4.78, 5) is 14.4. The highest BCUT2D eigenvalue weighted by Gasteiger charge is 2.26. The van der Waals surface area contributed by atoms with Gasteiger partial charge in [0.1, 0.15) is 11.5 Å². The van der Waals surface area contributed by atoms with E-state index in [1.54, 1.807) is 20.3 Å². The maximum absolute atomic E-state index is 12.0. The van der Waals surface area contributed by atoms with Crippen LogP contribution in [0, 0.1) is 0 Å². The number of hydrogen-bond donors (Lipinski definition) is 1. The summed E-state index contributed by atoms with van der Waals surface area (Å²) in [5.41, 5.74) is 2.30. The molecule has 6 heteroatoms. The van der Waals surface area contributed by atoms with Gasteiger partial charge in [0, 0.05) is 6.07 Å². The van der Waals surface area contributed by atoms with Crippen molar-refractivity contribution in [1.82, 2.24) is 0 Å². The quantitative estimate of drug-likeness (QED) is 0.874. The van der Waals surface area contributed by atoms with Crippen molar-refractivity contribution in [2.24, 2.45) is 0 Å². The third-order valence-corrected chi connectivity index (χ3v) is 3.93. The number of para-hydroxylation sites is 2. The number of nitrogens with zero attached hydrogens (tertiary/aromatic N) is 1. The Morgan fingerprint density at radius 1 is 1.09 bits per heavy atom. The predicted molar refractivity (Wildman–Crippen MR) is 94.0 cm³/mol. The Morgan fingerprint density at radius 2 is 1.87 bits per heavy atom. The largest absolute Gasteiger partial charge is 0.497 e. The molecule has 1 aliphatic rings. The number of rotatable bonds is 3. The topological polar surface area (TPSA) is 50.8 Å². The molecule has 2 aromatic carbocycles. The highest BCUT2D eigenvalue weighted by Crippen LogP contribution is 2.41. The minimum atomic E-state index is -0.127. The summed E-state index contributed by atoms with van der Waals surface area (Å²) in [6, 6.07) is 13.0. The first kappa shape index (κ1) is 15.3. The number of thiocarbonyl (C=S) groups is 1. The van der Waals surface area contributed by atoms with Crippen molar-refractivity contribution in [1.29, 1.82) is 0 Å². The molecule has 0 saturated carbocycles. The minimum absolute atomic E-state index is 0.127. The number of nitrogens with one attached hydrogen (secondary N) is 1. The normalized spacial score (nSPS) is 13.9. The van der Waals surface area contributed by atoms with Crippen LogP contribution in [0.2, 0.25) is 0 Å². The highest BCUT2D eigenvalue weighted by molar-refractivity contribution is 7.80. The molecule has 3 rings (SSSR count). The molecule has 0 aliphatic carbocycles. The molecule has 118 valence electrons. The molecule has 5 nitrogen and oxygen atoms in total. The Hall–Kier alpha value is -2.60. The molecule has 0 radical (unpaired) electrons. The van der Waals surface area contributed by atoms with E-state index in [1.807, 2.05) is 41.3 Å². The van der Waals surface area contributed by atoms with E-state index in [-0.39, 0.29) is 12.3 Å². The fourth-order valence-corrected chi connectivity index (χ4v) is 2.88. The Balaban J connectivity index is 2.18. The summed E-state index contributed by atoms with van der Waals surface area (Å²) < 4.78 is 10.7. The fraction of sp³-hybridized carbons (Fsp3) is 0.176. The highest BCUT2D eigenvalue weighted by atomic mass is 32.1. The third kappa shape index (κ3) is 2.85. The van der Waals surface area contributed by atoms with E-state index in [0.717, 1.165) is 17.1 Å². The van der Waals surface area contributed by atoms with Crippen LogP contribution in [0.3, 0.4) is 0 Å². The predicted octanol–water partition coefficient (Wildman–Crippen LogP) is 3.51. The van der Waals surface area contributed by atoms with Crippen LogP contribution in [-0.2, 0) is 4.79 Å². The van der Waals surface area contributed by atoms with E-state index in [4.69, 9.17) is 21.7 Å². The fourth-order valence-electron chi connectivity index (χ4n) is 2.55. The van der Waals surface area contributed by atoms with Crippen LogP contribution in [0.1, 0.15) is 6.42 Å². The second kappa shape index (κ2) is 6.26. The summed E-state index contributed by atoms with van der Waals surface area (Å²) in [5.74, 6) is 1.18. The first-order valence-corrected chi connectivity index (χ1v) is 7.48. The van der Waals surface area contributed by atoms with Crippen molar-refractivity contribution in [3.63, 3.8) is 0 Å². The van der Waals surface area contributed by atoms with Gasteiger partial charge in [-0.2, -0.15) is 0 Å². The monoisotopic (exact) mass is 328 g/mol. The van der Waals surface area contributed by atoms with Crippen LogP contribution in [0.5, 0.6) is 11.5 Å². The number of ether oxygens (including phenoxy) is 2. The van der Waals surface area contributed by atoms with Gasteiger partial charge in [0.05, 0.1) is 42.7 Å². The summed E-state index contributed by atoms with van der Waals surface area (Å²) in [7, 11) is 3.19. The molecule has 0 spiro atoms. The Morgan fingerprint density at radius 3 is 2.61 bits per heavy atom. The number of carbonyl (C=O) groups is 1. The van der Waals surface area contributed by atoms with E-state index < -0.39 is 0 Å². The van der Waals surface area contributed by atoms with E-state index >= 15 is 0 Å². The van der Waals surface area contributed by atoms with Gasteiger partial charge < -0.3 is 14.8 Å². The molecule has 23 heavy (non-hydrogen) atoms. The average molecular weight is 328 g/mol. The van der Waals surface area contributed by atoms with Crippen LogP contribution in [0.25, 0.3) is 0 Å². The van der Waals surface area contributed by atoms with Crippen molar-refractivity contribution < 1.29 is 14.3 Å². The van der Waals surface area contributed by atoms with E-state index in [1.165, 1.54) is 0 Å². The molecular weight excluding hydrogens is 312 g/mol. The molecule has 2 aromatic rings. The number of methoxy groups -OCH3 is 2. The average Bonchev–Trinajstić information content (AvgIpc) is 2.68. The first-order valence-electron chi connectivity index (χ1n) is 7.08. The summed E-state index contributed by atoms with van der Waals surface area (Å²) in [6.07, 6.45) is 0.138. The zero-order valence-electron chi connectivity index (χ0n) is 12.8. The van der Waals surface area contributed by atoms with Crippen LogP contribution >= 0.6 is 12.2 Å². The Kier molecular flexibility index (Phi) is 4.16. The number of amides is 1. The van der Waals surface area contributed by atoms with Crippen LogP contribution in [-0.4, -0.2) is 25.1 Å². The molecule has 0 bridgehead atoms. The van der Waals surface area contributed by atoms with E-state index in [0.29, 0.717) is 16.5 Å². The molecule has 1 amide bonds. The lowest BCUT2D eigenvalue weighted by Gasteiger charge is -2.26. The molecule has 0 aromatic heterocycles. The van der Waals surface area contributed by atoms with Crippen LogP contribution in [0.15, 0.2) is 42.5 Å². The maximum Gasteiger partial charge on any atom is 0.231 e. The number of carbonyl (C=O) groups excluding carboxylic acids is 1. The lowest BCUT2D eigenvalue weighted by molar-refractivity contribution is -0.115. The molecule has 0 saturated heterocycles. The number of anilines is 3. The van der Waals surface area contributed by atoms with Crippen molar-refractivity contribution in [3.8, 4) is 11.5 Å². The number of benzene rings is 2. The van der Waals surface area contributed by atoms with Gasteiger partial charge in [0.25, 0.3) is 0 Å². The van der Waals surface area contributed by atoms with Gasteiger partial charge in [-0.25, -0.2) is 0 Å². The lowest BCUT2D eigenvalue weighted by Crippen LogP contribution is -2.25. The zero-order chi connectivity index (χ0) is 16.4. The van der Waals surface area contributed by atoms with Crippen molar-refractivity contribution >= 4 is 40.2 Å². The van der Waals surface area contributed by atoms with Crippen molar-refractivity contribution in [3.05, 3.63) is 42.5 Å². The molecular formula is C17H16N2O3S. The summed E-state index contributed by atoms with van der Waals surface area (Å²) in [5, 5.41) is 2.88. The smallest absolute Gasteiger partial charge is 0.231 e. The first-order chi connectivity index (χ1) is 11.1. The van der Waals surface area contributed by atoms with Gasteiger partial charge in [-0.3, -0.25) is 9.69 Å². The van der Waals surface area contributed by atoms with E-state index in [2.05, 4.69) is 5.32 Å². The summed E-state index contributed by atoms with van der Waals surface area (Å²) in [6.45, 7) is 0. The van der Waals surface area contributed by atoms with Crippen molar-refractivity contribution in [2.45, 2.75) is 6.42 Å². The second-order valence-corrected chi connectivity index (χ2v) is 5.48. The maximum atomic E-state index is 12.0. The van der Waals surface area contributed by atoms with Gasteiger partial charge in [0.15, 0.2) is 0 Å². The summed E-state index contributed by atoms with van der Waals surface area (Å²) >= 11 is 5.50. The molecule has 0 atom stereocenters. The zero-order valence-corrected chi connectivity index (χ0v) is 13.6. The molecule has 1 aliphatic heterocycles. The van der Waals surface area contributed by atoms with Crippen molar-refractivity contribution in [2.75, 3.05) is 24.4 Å². The molecule has 1 N–H and O–H groups in total. The number of hydrogen-bond acceptors (Lipinski definition) is 4. The standard InChI is InChI=1S/C17H16N2O3S/c1-21-11-7-8-14(15(9-11)22-2)19-13-6-4-3-5-12(13)18-16(20)10-17(19)23/h3-9H,10H2,1-2H3,(H,18,20). The lowest BCUT2D eigenvalue weighted by atomic mass is 10.2. The van der Waals surface area contributed by atoms with E-state index in [9.17, 15) is 4.79 Å². The minimum Gasteiger partial charge on any atom is -0.497 e. The molecule has 0 fully saturated rings. The Labute approximate surface area is 139 Å². The second-order valence-electron chi connectivity index (χ2n) is 5.01. The van der Waals surface area contributed by atoms with Gasteiger partial charge in [-0.1, -0.05) is 24.4 Å². The van der Waals surface area contributed by atoms with Crippen LogP contribution in [0.4, 0.5) is 17.1 Å². The van der Waals surface area contributed by atoms with Gasteiger partial charge in [-0.15, -0.1) is 0 Å². The van der Waals surface area contributed by atoms with Gasteiger partial charge in [0.2, 0.25) is 5.91 Å². The molecule has 1 heterocycles. The van der Waals surface area contributed by atoms with Gasteiger partial charge in [-0.05, 0) is 24.3 Å². The molecule has 0 unspecified atom stereocenters. The Bertz CT molecular complexity index is 776. The SMILES string of the molecule is COc1ccc(N2C(=S)CC(=O)Nc3ccccc32)c(OC)c1. The van der Waals surface area contributed by atoms with Gasteiger partial charge >= 0.3 is 0 Å². The third-order valence-electron chi connectivity index (χ3n) is 3.61. The van der Waals surface area contributed by atoms with Crippen LogP contribution < -0.4 is 19.7 Å².